The molecule has 78 valence electrons. The summed E-state index contributed by atoms with van der Waals surface area (Å²) >= 11 is 0. The molecule has 4 heteroatoms. The van der Waals surface area contributed by atoms with Crippen LogP contribution < -0.4 is 10.9 Å². The maximum Gasteiger partial charge on any atom is 0.251 e. The van der Waals surface area contributed by atoms with Crippen molar-refractivity contribution in [3.8, 4) is 0 Å². The molecule has 0 fully saturated rings. The van der Waals surface area contributed by atoms with E-state index in [1.54, 1.807) is 13.1 Å². The summed E-state index contributed by atoms with van der Waals surface area (Å²) < 4.78 is 1.52. The molecule has 1 aromatic heterocycles. The van der Waals surface area contributed by atoms with E-state index in [2.05, 4.69) is 5.32 Å². The fourth-order valence-corrected chi connectivity index (χ4v) is 1.11. The second-order valence-corrected chi connectivity index (χ2v) is 3.25. The number of hydrogen-bond donors (Lipinski definition) is 2. The van der Waals surface area contributed by atoms with E-state index < -0.39 is 0 Å². The monoisotopic (exact) mass is 196 g/mol. The van der Waals surface area contributed by atoms with Crippen molar-refractivity contribution in [1.29, 1.82) is 0 Å². The minimum absolute atomic E-state index is 0.0546. The number of pyridine rings is 1. The Bertz CT molecular complexity index is 346. The van der Waals surface area contributed by atoms with Crippen molar-refractivity contribution in [2.45, 2.75) is 19.4 Å². The molecule has 0 bridgehead atoms. The molecule has 0 aromatic carbocycles. The number of anilines is 1. The van der Waals surface area contributed by atoms with Crippen molar-refractivity contribution in [3.63, 3.8) is 0 Å². The van der Waals surface area contributed by atoms with Crippen LogP contribution in [0.5, 0.6) is 0 Å². The van der Waals surface area contributed by atoms with Crippen LogP contribution in [0.25, 0.3) is 0 Å². The molecule has 1 heterocycles. The second kappa shape index (κ2) is 4.81. The van der Waals surface area contributed by atoms with E-state index in [1.807, 2.05) is 13.0 Å². The molecular weight excluding hydrogens is 180 g/mol. The lowest BCUT2D eigenvalue weighted by Gasteiger charge is -2.13. The highest BCUT2D eigenvalue weighted by Gasteiger charge is 2.02. The van der Waals surface area contributed by atoms with Gasteiger partial charge < -0.3 is 10.4 Å². The van der Waals surface area contributed by atoms with Crippen molar-refractivity contribution < 1.29 is 5.11 Å². The molecule has 1 aromatic rings. The SMILES string of the molecule is CC[C@H](O)CNc1cccc(=O)n1C. The first-order valence-corrected chi connectivity index (χ1v) is 4.73. The lowest BCUT2D eigenvalue weighted by molar-refractivity contribution is 0.183. The van der Waals surface area contributed by atoms with Crippen LogP contribution in [-0.2, 0) is 7.05 Å². The molecule has 0 aliphatic rings. The number of aliphatic hydroxyl groups excluding tert-OH is 1. The molecule has 1 atom stereocenters. The Balaban J connectivity index is 2.68. The molecule has 0 unspecified atom stereocenters. The normalized spacial score (nSPS) is 12.5. The van der Waals surface area contributed by atoms with Gasteiger partial charge in [0.25, 0.3) is 5.56 Å². The third-order valence-electron chi connectivity index (χ3n) is 2.17. The van der Waals surface area contributed by atoms with Crippen LogP contribution in [-0.4, -0.2) is 22.3 Å². The van der Waals surface area contributed by atoms with Crippen LogP contribution in [0.3, 0.4) is 0 Å². The number of rotatable bonds is 4. The summed E-state index contributed by atoms with van der Waals surface area (Å²) in [6, 6.07) is 5.01. The standard InChI is InChI=1S/C10H16N2O2/c1-3-8(13)7-11-9-5-4-6-10(14)12(9)2/h4-6,8,11,13H,3,7H2,1-2H3/t8-/m0/s1. The Morgan fingerprint density at radius 1 is 1.57 bits per heavy atom. The van der Waals surface area contributed by atoms with Gasteiger partial charge in [-0.25, -0.2) is 0 Å². The number of aliphatic hydroxyl groups is 1. The van der Waals surface area contributed by atoms with E-state index >= 15 is 0 Å². The van der Waals surface area contributed by atoms with Crippen LogP contribution in [0.2, 0.25) is 0 Å². The smallest absolute Gasteiger partial charge is 0.251 e. The van der Waals surface area contributed by atoms with Gasteiger partial charge in [-0.1, -0.05) is 13.0 Å². The summed E-state index contributed by atoms with van der Waals surface area (Å²) in [4.78, 5) is 11.2. The maximum absolute atomic E-state index is 11.2. The minimum Gasteiger partial charge on any atom is -0.391 e. The van der Waals surface area contributed by atoms with Gasteiger partial charge >= 0.3 is 0 Å². The Morgan fingerprint density at radius 3 is 2.93 bits per heavy atom. The topological polar surface area (TPSA) is 54.3 Å². The molecule has 14 heavy (non-hydrogen) atoms. The zero-order valence-electron chi connectivity index (χ0n) is 8.53. The molecule has 0 aliphatic carbocycles. The molecule has 0 amide bonds. The van der Waals surface area contributed by atoms with Gasteiger partial charge in [-0.2, -0.15) is 0 Å². The summed E-state index contributed by atoms with van der Waals surface area (Å²) in [7, 11) is 1.70. The average Bonchev–Trinajstić information content (AvgIpc) is 2.20. The zero-order valence-corrected chi connectivity index (χ0v) is 8.53. The Hall–Kier alpha value is -1.29. The Kier molecular flexibility index (Phi) is 3.71. The van der Waals surface area contributed by atoms with Gasteiger partial charge in [0, 0.05) is 19.7 Å². The Labute approximate surface area is 83.2 Å². The highest BCUT2D eigenvalue weighted by molar-refractivity contribution is 5.35. The molecule has 1 rings (SSSR count). The molecule has 4 nitrogen and oxygen atoms in total. The summed E-state index contributed by atoms with van der Waals surface area (Å²) in [5.41, 5.74) is -0.0546. The van der Waals surface area contributed by atoms with Gasteiger partial charge in [-0.15, -0.1) is 0 Å². The summed E-state index contributed by atoms with van der Waals surface area (Å²) in [6.45, 7) is 2.38. The number of hydrogen-bond acceptors (Lipinski definition) is 3. The molecular formula is C10H16N2O2. The van der Waals surface area contributed by atoms with Gasteiger partial charge in [-0.05, 0) is 12.5 Å². The third-order valence-corrected chi connectivity index (χ3v) is 2.17. The highest BCUT2D eigenvalue weighted by atomic mass is 16.3. The van der Waals surface area contributed by atoms with E-state index in [0.29, 0.717) is 13.0 Å². The van der Waals surface area contributed by atoms with Gasteiger partial charge in [0.15, 0.2) is 0 Å². The fourth-order valence-electron chi connectivity index (χ4n) is 1.11. The average molecular weight is 196 g/mol. The van der Waals surface area contributed by atoms with Crippen molar-refractivity contribution in [2.75, 3.05) is 11.9 Å². The fraction of sp³-hybridized carbons (Fsp3) is 0.500. The van der Waals surface area contributed by atoms with E-state index in [4.69, 9.17) is 0 Å². The lowest BCUT2D eigenvalue weighted by atomic mass is 10.3. The van der Waals surface area contributed by atoms with Crippen molar-refractivity contribution in [1.82, 2.24) is 4.57 Å². The van der Waals surface area contributed by atoms with Crippen LogP contribution in [0.1, 0.15) is 13.3 Å². The number of nitrogens with one attached hydrogen (secondary N) is 1. The van der Waals surface area contributed by atoms with Crippen LogP contribution in [0.4, 0.5) is 5.82 Å². The predicted molar refractivity (Wildman–Crippen MR) is 56.5 cm³/mol. The first-order valence-electron chi connectivity index (χ1n) is 4.73. The van der Waals surface area contributed by atoms with Gasteiger partial charge in [0.05, 0.1) is 6.10 Å². The van der Waals surface area contributed by atoms with Gasteiger partial charge in [0.1, 0.15) is 5.82 Å². The highest BCUT2D eigenvalue weighted by Crippen LogP contribution is 2.02. The molecule has 0 saturated heterocycles. The van der Waals surface area contributed by atoms with E-state index in [-0.39, 0.29) is 11.7 Å². The second-order valence-electron chi connectivity index (χ2n) is 3.25. The van der Waals surface area contributed by atoms with Crippen molar-refractivity contribution in [2.24, 2.45) is 7.05 Å². The largest absolute Gasteiger partial charge is 0.391 e. The number of aromatic nitrogens is 1. The Morgan fingerprint density at radius 2 is 2.29 bits per heavy atom. The molecule has 2 N–H and O–H groups in total. The predicted octanol–water partition coefficient (Wildman–Crippen LogP) is 0.568. The van der Waals surface area contributed by atoms with Gasteiger partial charge in [-0.3, -0.25) is 9.36 Å². The summed E-state index contributed by atoms with van der Waals surface area (Å²) in [6.07, 6.45) is 0.332. The quantitative estimate of drug-likeness (QED) is 0.740. The third kappa shape index (κ3) is 2.60. The minimum atomic E-state index is -0.370. The zero-order chi connectivity index (χ0) is 10.6. The molecule has 0 aliphatic heterocycles. The summed E-state index contributed by atoms with van der Waals surface area (Å²) in [5, 5.41) is 12.3. The first-order chi connectivity index (χ1) is 6.65. The van der Waals surface area contributed by atoms with E-state index in [9.17, 15) is 9.90 Å². The first kappa shape index (κ1) is 10.8. The van der Waals surface area contributed by atoms with Crippen LogP contribution in [0, 0.1) is 0 Å². The van der Waals surface area contributed by atoms with Crippen molar-refractivity contribution in [3.05, 3.63) is 28.6 Å². The molecule has 0 spiro atoms. The maximum atomic E-state index is 11.2. The summed E-state index contributed by atoms with van der Waals surface area (Å²) in [5.74, 6) is 0.727. The lowest BCUT2D eigenvalue weighted by Crippen LogP contribution is -2.24. The number of nitrogens with zero attached hydrogens (tertiary/aromatic N) is 1. The van der Waals surface area contributed by atoms with Crippen LogP contribution in [0.15, 0.2) is 23.0 Å². The molecule has 0 saturated carbocycles. The van der Waals surface area contributed by atoms with Crippen molar-refractivity contribution >= 4 is 5.82 Å². The van der Waals surface area contributed by atoms with E-state index in [1.165, 1.54) is 10.6 Å². The molecule has 0 radical (unpaired) electrons. The van der Waals surface area contributed by atoms with Gasteiger partial charge in [0.2, 0.25) is 0 Å². The van der Waals surface area contributed by atoms with Crippen LogP contribution >= 0.6 is 0 Å². The van der Waals surface area contributed by atoms with E-state index in [0.717, 1.165) is 5.82 Å².